The third-order valence-electron chi connectivity index (χ3n) is 11.6. The molecule has 3 aliphatic rings. The first-order valence-corrected chi connectivity index (χ1v) is 21.5. The third kappa shape index (κ3) is 9.20. The molecule has 2 saturated heterocycles. The van der Waals surface area contributed by atoms with Gasteiger partial charge in [-0.25, -0.2) is 13.4 Å². The summed E-state index contributed by atoms with van der Waals surface area (Å²) in [7, 11) is -0.0180. The van der Waals surface area contributed by atoms with Crippen molar-refractivity contribution in [2.45, 2.75) is 63.1 Å². The Bertz CT molecular complexity index is 2370. The molecule has 0 bridgehead atoms. The Labute approximate surface area is 350 Å². The van der Waals surface area contributed by atoms with Crippen LogP contribution < -0.4 is 10.6 Å². The zero-order valence-corrected chi connectivity index (χ0v) is 34.9. The first kappa shape index (κ1) is 43.5. The second-order valence-corrected chi connectivity index (χ2v) is 17.5. The number of hydrogen-bond acceptors (Lipinski definition) is 12. The maximum Gasteiger partial charge on any atom is 0.253 e. The fourth-order valence-electron chi connectivity index (χ4n) is 8.02. The topological polar surface area (TPSA) is 203 Å². The van der Waals surface area contributed by atoms with Crippen molar-refractivity contribution in [2.24, 2.45) is 9.98 Å². The van der Waals surface area contributed by atoms with Crippen molar-refractivity contribution < 1.29 is 27.6 Å². The summed E-state index contributed by atoms with van der Waals surface area (Å²) in [4.78, 5) is 61.7. The number of aldehydes is 2. The molecule has 0 spiro atoms. The van der Waals surface area contributed by atoms with Gasteiger partial charge in [-0.1, -0.05) is 18.2 Å². The lowest BCUT2D eigenvalue weighted by Gasteiger charge is -2.47. The lowest BCUT2D eigenvalue weighted by molar-refractivity contribution is -0.126. The molecule has 60 heavy (non-hydrogen) atoms. The molecule has 2 aromatic carbocycles. The number of nitriles is 1. The van der Waals surface area contributed by atoms with Crippen LogP contribution in [0.25, 0.3) is 5.70 Å². The molecule has 2 N–H and O–H groups in total. The van der Waals surface area contributed by atoms with Crippen LogP contribution in [-0.4, -0.2) is 121 Å². The van der Waals surface area contributed by atoms with E-state index in [2.05, 4.69) is 38.5 Å². The monoisotopic (exact) mass is 834 g/mol. The molecular formula is C43H50N10O6S. The van der Waals surface area contributed by atoms with Crippen molar-refractivity contribution in [3.63, 3.8) is 0 Å². The van der Waals surface area contributed by atoms with Crippen LogP contribution in [-0.2, 0) is 31.7 Å². The number of piperidine rings is 1. The number of carbonyl (C=O) groups excluding carboxylic acids is 4. The molecule has 4 heterocycles. The molecular weight excluding hydrogens is 785 g/mol. The fourth-order valence-corrected chi connectivity index (χ4v) is 9.26. The first-order valence-electron chi connectivity index (χ1n) is 19.9. The summed E-state index contributed by atoms with van der Waals surface area (Å²) < 4.78 is 27.9. The number of likely N-dealkylation sites (tertiary alicyclic amines) is 1. The number of rotatable bonds is 17. The van der Waals surface area contributed by atoms with Gasteiger partial charge >= 0.3 is 0 Å². The summed E-state index contributed by atoms with van der Waals surface area (Å²) in [6, 6.07) is 14.7. The highest BCUT2D eigenvalue weighted by Crippen LogP contribution is 2.36. The molecule has 1 aromatic heterocycles. The highest BCUT2D eigenvalue weighted by molar-refractivity contribution is 7.89. The minimum Gasteiger partial charge on any atom is -0.358 e. The fraction of sp³-hybridized carbons (Fsp3) is 0.395. The zero-order valence-electron chi connectivity index (χ0n) is 34.1. The number of nitrogens with zero attached hydrogens (tertiary/aromatic N) is 8. The van der Waals surface area contributed by atoms with E-state index >= 15 is 0 Å². The molecule has 2 amide bonds. The van der Waals surface area contributed by atoms with Gasteiger partial charge in [0.05, 0.1) is 36.2 Å². The lowest BCUT2D eigenvalue weighted by Crippen LogP contribution is -2.64. The number of aliphatic imine (C=N–C) groups is 2. The maximum atomic E-state index is 13.6. The smallest absolute Gasteiger partial charge is 0.253 e. The zero-order chi connectivity index (χ0) is 43.0. The number of nitrogens with one attached hydrogen (secondary N) is 2. The average Bonchev–Trinajstić information content (AvgIpc) is 3.93. The van der Waals surface area contributed by atoms with E-state index < -0.39 is 21.6 Å². The van der Waals surface area contributed by atoms with E-state index in [4.69, 9.17) is 0 Å². The number of hydrogen-bond donors (Lipinski definition) is 2. The third-order valence-corrected chi connectivity index (χ3v) is 13.3. The van der Waals surface area contributed by atoms with E-state index in [9.17, 15) is 32.9 Å². The number of sulfonamides is 1. The molecule has 1 unspecified atom stereocenters. The molecule has 0 saturated carbocycles. The Morgan fingerprint density at radius 3 is 2.50 bits per heavy atom. The van der Waals surface area contributed by atoms with Gasteiger partial charge in [-0.15, -0.1) is 0 Å². The Hall–Kier alpha value is -6.09. The van der Waals surface area contributed by atoms with Crippen molar-refractivity contribution in [1.82, 2.24) is 29.2 Å². The van der Waals surface area contributed by atoms with E-state index in [1.165, 1.54) is 4.31 Å². The average molecular weight is 835 g/mol. The van der Waals surface area contributed by atoms with Crippen molar-refractivity contribution >= 4 is 58.3 Å². The minimum absolute atomic E-state index is 0.0181. The van der Waals surface area contributed by atoms with Crippen molar-refractivity contribution in [3.05, 3.63) is 101 Å². The molecule has 314 valence electrons. The molecule has 2 fully saturated rings. The molecule has 17 heteroatoms. The van der Waals surface area contributed by atoms with Gasteiger partial charge in [0.1, 0.15) is 23.9 Å². The lowest BCUT2D eigenvalue weighted by atomic mass is 9.87. The Balaban J connectivity index is 1.07. The molecule has 16 nitrogen and oxygen atoms in total. The Morgan fingerprint density at radius 1 is 1.13 bits per heavy atom. The second kappa shape index (κ2) is 18.9. The summed E-state index contributed by atoms with van der Waals surface area (Å²) in [6.45, 7) is 7.18. The molecule has 1 atom stereocenters. The van der Waals surface area contributed by atoms with Crippen LogP contribution in [0.5, 0.6) is 0 Å². The van der Waals surface area contributed by atoms with Crippen molar-refractivity contribution in [3.8, 4) is 6.07 Å². The van der Waals surface area contributed by atoms with Gasteiger partial charge in [0, 0.05) is 86.5 Å². The van der Waals surface area contributed by atoms with E-state index in [1.807, 2.05) is 47.2 Å². The predicted octanol–water partition coefficient (Wildman–Crippen LogP) is 3.96. The Kier molecular flexibility index (Phi) is 13.7. The molecule has 6 rings (SSSR count). The number of amides is 2. The van der Waals surface area contributed by atoms with Gasteiger partial charge in [-0.05, 0) is 87.3 Å². The van der Waals surface area contributed by atoms with Crippen molar-refractivity contribution in [1.29, 1.82) is 5.26 Å². The summed E-state index contributed by atoms with van der Waals surface area (Å²) in [5.41, 5.74) is 4.70. The number of benzene rings is 2. The standard InChI is InChI=1S/C43H50N10O6S/c1-5-60(58,59)52-28-43(29-52,17-18-44)53-26-35(24-48-53)39(45-2)37-14-19-47-40(37)49-36-12-10-31(11-13-36)42(57)51-20-15-30(16-21-51)32-8-9-33(27-55)34(23-32)25-50(4)38(7-6-22-54)41(56)46-3/h8-14,19,22-24,26-27,30,38H,2,5-7,15-17,20-21,25,28-29H2,1,3-4H3,(H,46,56)(H,47,49)/b39-37-. The van der Waals surface area contributed by atoms with Crippen LogP contribution in [0, 0.1) is 11.3 Å². The van der Waals surface area contributed by atoms with Gasteiger partial charge in [0.2, 0.25) is 15.9 Å². The summed E-state index contributed by atoms with van der Waals surface area (Å²) in [5.74, 6) is 0.433. The SMILES string of the molecule is C=N/C(=C1/C=CN=C1Nc1ccc(C(=O)N2CCC(c3ccc(C=O)c(CN(C)C(CCC=O)C(=O)NC)c3)CC2)cc1)c1cnn(C2(CC#N)CN(S(=O)(=O)CC)C2)c1. The van der Waals surface area contributed by atoms with E-state index in [0.717, 1.165) is 36.5 Å². The van der Waals surface area contributed by atoms with Gasteiger partial charge < -0.3 is 20.3 Å². The number of carbonyl (C=O) groups is 4. The molecule has 3 aliphatic heterocycles. The minimum atomic E-state index is -3.39. The second-order valence-electron chi connectivity index (χ2n) is 15.2. The summed E-state index contributed by atoms with van der Waals surface area (Å²) in [6.07, 6.45) is 10.6. The van der Waals surface area contributed by atoms with Gasteiger partial charge in [-0.3, -0.25) is 29.0 Å². The van der Waals surface area contributed by atoms with Gasteiger partial charge in [0.15, 0.2) is 0 Å². The number of anilines is 1. The van der Waals surface area contributed by atoms with Crippen LogP contribution in [0.2, 0.25) is 0 Å². The van der Waals surface area contributed by atoms with E-state index in [1.54, 1.807) is 55.5 Å². The first-order chi connectivity index (χ1) is 28.9. The van der Waals surface area contributed by atoms with Crippen LogP contribution in [0.4, 0.5) is 5.69 Å². The van der Waals surface area contributed by atoms with Crippen LogP contribution >= 0.6 is 0 Å². The highest BCUT2D eigenvalue weighted by Gasteiger charge is 2.49. The van der Waals surface area contributed by atoms with E-state index in [-0.39, 0.29) is 49.4 Å². The summed E-state index contributed by atoms with van der Waals surface area (Å²) in [5, 5.41) is 20.1. The Morgan fingerprint density at radius 2 is 1.87 bits per heavy atom. The van der Waals surface area contributed by atoms with Gasteiger partial charge in [-0.2, -0.15) is 14.7 Å². The molecule has 0 aliphatic carbocycles. The largest absolute Gasteiger partial charge is 0.358 e. The number of amidine groups is 1. The normalized spacial score (nSPS) is 17.9. The predicted molar refractivity (Wildman–Crippen MR) is 229 cm³/mol. The maximum absolute atomic E-state index is 13.6. The molecule has 0 radical (unpaired) electrons. The number of likely N-dealkylation sites (N-methyl/N-ethyl adjacent to an activating group) is 2. The van der Waals surface area contributed by atoms with Crippen LogP contribution in [0.1, 0.15) is 82.4 Å². The molecule has 3 aromatic rings. The van der Waals surface area contributed by atoms with Crippen LogP contribution in [0.3, 0.4) is 0 Å². The quantitative estimate of drug-likeness (QED) is 0.148. The highest BCUT2D eigenvalue weighted by atomic mass is 32.2. The van der Waals surface area contributed by atoms with Crippen LogP contribution in [0.15, 0.2) is 82.7 Å². The van der Waals surface area contributed by atoms with Crippen molar-refractivity contribution in [2.75, 3.05) is 51.3 Å². The van der Waals surface area contributed by atoms with E-state index in [0.29, 0.717) is 65.5 Å². The number of aromatic nitrogens is 2. The summed E-state index contributed by atoms with van der Waals surface area (Å²) >= 11 is 0. The van der Waals surface area contributed by atoms with Gasteiger partial charge in [0.25, 0.3) is 5.91 Å².